The van der Waals surface area contributed by atoms with Crippen molar-refractivity contribution < 1.29 is 4.79 Å². The quantitative estimate of drug-likeness (QED) is 0.883. The van der Waals surface area contributed by atoms with E-state index in [1.165, 1.54) is 0 Å². The van der Waals surface area contributed by atoms with Crippen LogP contribution < -0.4 is 10.6 Å². The van der Waals surface area contributed by atoms with Gasteiger partial charge in [0.15, 0.2) is 0 Å². The number of amides is 1. The molecule has 0 saturated heterocycles. The SMILES string of the molecule is CC(=O)NC1CCC(NCc2cccnc2-n2ccnc2)CC1. The zero-order chi connectivity index (χ0) is 16.1. The summed E-state index contributed by atoms with van der Waals surface area (Å²) in [5.74, 6) is 0.992. The second kappa shape index (κ2) is 7.37. The highest BCUT2D eigenvalue weighted by molar-refractivity contribution is 5.73. The Labute approximate surface area is 136 Å². The van der Waals surface area contributed by atoms with Crippen molar-refractivity contribution in [2.75, 3.05) is 0 Å². The first kappa shape index (κ1) is 15.7. The van der Waals surface area contributed by atoms with Gasteiger partial charge in [-0.05, 0) is 31.7 Å². The minimum atomic E-state index is 0.0711. The monoisotopic (exact) mass is 313 g/mol. The summed E-state index contributed by atoms with van der Waals surface area (Å²) in [6.07, 6.45) is 11.5. The molecule has 0 atom stereocenters. The van der Waals surface area contributed by atoms with Crippen molar-refractivity contribution >= 4 is 5.91 Å². The van der Waals surface area contributed by atoms with E-state index in [1.807, 2.05) is 16.8 Å². The fourth-order valence-corrected chi connectivity index (χ4v) is 3.17. The van der Waals surface area contributed by atoms with Crippen molar-refractivity contribution in [1.82, 2.24) is 25.2 Å². The van der Waals surface area contributed by atoms with Crippen molar-refractivity contribution in [3.05, 3.63) is 42.6 Å². The second-order valence-corrected chi connectivity index (χ2v) is 6.09. The van der Waals surface area contributed by atoms with Crippen LogP contribution in [0.4, 0.5) is 0 Å². The molecular formula is C17H23N5O. The lowest BCUT2D eigenvalue weighted by Crippen LogP contribution is -2.41. The summed E-state index contributed by atoms with van der Waals surface area (Å²) in [4.78, 5) is 19.7. The molecule has 1 saturated carbocycles. The topological polar surface area (TPSA) is 71.8 Å². The standard InChI is InChI=1S/C17H23N5O/c1-13(23)21-16-6-4-15(5-7-16)20-11-14-3-2-8-19-17(14)22-10-9-18-12-22/h2-3,8-10,12,15-16,20H,4-7,11H2,1H3,(H,21,23). The van der Waals surface area contributed by atoms with E-state index < -0.39 is 0 Å². The van der Waals surface area contributed by atoms with Crippen molar-refractivity contribution in [2.45, 2.75) is 51.2 Å². The average Bonchev–Trinajstić information content (AvgIpc) is 3.08. The van der Waals surface area contributed by atoms with E-state index in [9.17, 15) is 4.79 Å². The Morgan fingerprint density at radius 2 is 2.04 bits per heavy atom. The lowest BCUT2D eigenvalue weighted by Gasteiger charge is -2.29. The minimum Gasteiger partial charge on any atom is -0.354 e. The van der Waals surface area contributed by atoms with Crippen LogP contribution in [0.25, 0.3) is 5.82 Å². The van der Waals surface area contributed by atoms with E-state index in [-0.39, 0.29) is 5.91 Å². The van der Waals surface area contributed by atoms with E-state index in [0.717, 1.165) is 43.6 Å². The third kappa shape index (κ3) is 4.16. The molecule has 6 heteroatoms. The number of carbonyl (C=O) groups is 1. The van der Waals surface area contributed by atoms with Crippen LogP contribution in [0.15, 0.2) is 37.1 Å². The number of aromatic nitrogens is 3. The maximum Gasteiger partial charge on any atom is 0.217 e. The number of pyridine rings is 1. The molecular weight excluding hydrogens is 290 g/mol. The van der Waals surface area contributed by atoms with Gasteiger partial charge in [-0.3, -0.25) is 9.36 Å². The molecule has 0 bridgehead atoms. The molecule has 1 aliphatic rings. The predicted octanol–water partition coefficient (Wildman–Crippen LogP) is 1.80. The summed E-state index contributed by atoms with van der Waals surface area (Å²) in [7, 11) is 0. The minimum absolute atomic E-state index is 0.0711. The number of hydrogen-bond acceptors (Lipinski definition) is 4. The first-order chi connectivity index (χ1) is 11.2. The fraction of sp³-hybridized carbons (Fsp3) is 0.471. The number of nitrogens with one attached hydrogen (secondary N) is 2. The maximum absolute atomic E-state index is 11.1. The first-order valence-electron chi connectivity index (χ1n) is 8.15. The number of rotatable bonds is 5. The number of imidazole rings is 1. The van der Waals surface area contributed by atoms with Gasteiger partial charge in [0.1, 0.15) is 12.1 Å². The highest BCUT2D eigenvalue weighted by Crippen LogP contribution is 2.19. The van der Waals surface area contributed by atoms with Crippen LogP contribution >= 0.6 is 0 Å². The number of carbonyl (C=O) groups excluding carboxylic acids is 1. The average molecular weight is 313 g/mol. The highest BCUT2D eigenvalue weighted by Gasteiger charge is 2.21. The van der Waals surface area contributed by atoms with Crippen LogP contribution in [-0.2, 0) is 11.3 Å². The van der Waals surface area contributed by atoms with E-state index in [0.29, 0.717) is 12.1 Å². The molecule has 0 radical (unpaired) electrons. The van der Waals surface area contributed by atoms with Gasteiger partial charge in [-0.2, -0.15) is 0 Å². The van der Waals surface area contributed by atoms with Crippen LogP contribution in [0.2, 0.25) is 0 Å². The van der Waals surface area contributed by atoms with E-state index in [1.54, 1.807) is 25.6 Å². The van der Waals surface area contributed by atoms with Gasteiger partial charge >= 0.3 is 0 Å². The third-order valence-electron chi connectivity index (χ3n) is 4.33. The summed E-state index contributed by atoms with van der Waals surface area (Å²) in [5, 5.41) is 6.64. The van der Waals surface area contributed by atoms with Crippen LogP contribution in [0.1, 0.15) is 38.2 Å². The van der Waals surface area contributed by atoms with Gasteiger partial charge in [0.2, 0.25) is 5.91 Å². The van der Waals surface area contributed by atoms with Gasteiger partial charge in [-0.1, -0.05) is 6.07 Å². The molecule has 0 unspecified atom stereocenters. The molecule has 2 heterocycles. The summed E-state index contributed by atoms with van der Waals surface area (Å²) < 4.78 is 1.94. The molecule has 0 spiro atoms. The van der Waals surface area contributed by atoms with Gasteiger partial charge < -0.3 is 10.6 Å². The molecule has 1 amide bonds. The smallest absolute Gasteiger partial charge is 0.217 e. The molecule has 122 valence electrons. The van der Waals surface area contributed by atoms with Crippen LogP contribution in [0.3, 0.4) is 0 Å². The Bertz CT molecular complexity index is 632. The lowest BCUT2D eigenvalue weighted by molar-refractivity contribution is -0.119. The Morgan fingerprint density at radius 3 is 2.74 bits per heavy atom. The molecule has 2 aromatic heterocycles. The summed E-state index contributed by atoms with van der Waals surface area (Å²) >= 11 is 0. The molecule has 0 aromatic carbocycles. The molecule has 1 aliphatic carbocycles. The summed E-state index contributed by atoms with van der Waals surface area (Å²) in [6, 6.07) is 4.89. The van der Waals surface area contributed by atoms with E-state index >= 15 is 0 Å². The first-order valence-corrected chi connectivity index (χ1v) is 8.15. The van der Waals surface area contributed by atoms with Crippen LogP contribution in [-0.4, -0.2) is 32.5 Å². The largest absolute Gasteiger partial charge is 0.354 e. The zero-order valence-corrected chi connectivity index (χ0v) is 13.4. The molecule has 23 heavy (non-hydrogen) atoms. The van der Waals surface area contributed by atoms with Gasteiger partial charge in [-0.25, -0.2) is 9.97 Å². The van der Waals surface area contributed by atoms with Crippen molar-refractivity contribution in [3.8, 4) is 5.82 Å². The van der Waals surface area contributed by atoms with Crippen LogP contribution in [0, 0.1) is 0 Å². The second-order valence-electron chi connectivity index (χ2n) is 6.09. The maximum atomic E-state index is 11.1. The van der Waals surface area contributed by atoms with Crippen molar-refractivity contribution in [2.24, 2.45) is 0 Å². The Balaban J connectivity index is 1.55. The van der Waals surface area contributed by atoms with Crippen molar-refractivity contribution in [3.63, 3.8) is 0 Å². The summed E-state index contributed by atoms with van der Waals surface area (Å²) in [6.45, 7) is 2.38. The predicted molar refractivity (Wildman–Crippen MR) is 88.1 cm³/mol. The molecule has 3 rings (SSSR count). The Kier molecular flexibility index (Phi) is 5.02. The Morgan fingerprint density at radius 1 is 1.26 bits per heavy atom. The van der Waals surface area contributed by atoms with E-state index in [4.69, 9.17) is 0 Å². The molecule has 0 aliphatic heterocycles. The Hall–Kier alpha value is -2.21. The van der Waals surface area contributed by atoms with Gasteiger partial charge in [0.05, 0.1) is 0 Å². The number of nitrogens with zero attached hydrogens (tertiary/aromatic N) is 3. The zero-order valence-electron chi connectivity index (χ0n) is 13.4. The fourth-order valence-electron chi connectivity index (χ4n) is 3.17. The van der Waals surface area contributed by atoms with Gasteiger partial charge in [0.25, 0.3) is 0 Å². The third-order valence-corrected chi connectivity index (χ3v) is 4.33. The summed E-state index contributed by atoms with van der Waals surface area (Å²) in [5.41, 5.74) is 1.16. The highest BCUT2D eigenvalue weighted by atomic mass is 16.1. The molecule has 2 N–H and O–H groups in total. The number of hydrogen-bond donors (Lipinski definition) is 2. The molecule has 2 aromatic rings. The van der Waals surface area contributed by atoms with Gasteiger partial charge in [0, 0.05) is 49.7 Å². The lowest BCUT2D eigenvalue weighted by atomic mass is 9.91. The molecule has 1 fully saturated rings. The van der Waals surface area contributed by atoms with Crippen molar-refractivity contribution in [1.29, 1.82) is 0 Å². The molecule has 6 nitrogen and oxygen atoms in total. The van der Waals surface area contributed by atoms with E-state index in [2.05, 4.69) is 26.7 Å². The van der Waals surface area contributed by atoms with Gasteiger partial charge in [-0.15, -0.1) is 0 Å². The van der Waals surface area contributed by atoms with Crippen LogP contribution in [0.5, 0.6) is 0 Å². The normalized spacial score (nSPS) is 21.1.